The van der Waals surface area contributed by atoms with Crippen molar-refractivity contribution in [1.82, 2.24) is 4.90 Å². The van der Waals surface area contributed by atoms with Gasteiger partial charge in [-0.05, 0) is 24.7 Å². The molecule has 2 N–H and O–H groups in total. The molecule has 1 saturated carbocycles. The predicted octanol–water partition coefficient (Wildman–Crippen LogP) is 2.97. The molecule has 1 aliphatic heterocycles. The van der Waals surface area contributed by atoms with Gasteiger partial charge in [-0.15, -0.1) is 0 Å². The summed E-state index contributed by atoms with van der Waals surface area (Å²) in [5, 5.41) is 1.53. The average molecular weight is 270 g/mol. The Hall–Kier alpha value is 0.270. The first-order valence-corrected chi connectivity index (χ1v) is 8.64. The second-order valence-corrected chi connectivity index (χ2v) is 8.43. The van der Waals surface area contributed by atoms with E-state index < -0.39 is 0 Å². The molecule has 0 aromatic heterocycles. The zero-order valence-corrected chi connectivity index (χ0v) is 13.1. The first-order chi connectivity index (χ1) is 8.60. The zero-order chi connectivity index (χ0) is 13.1. The lowest BCUT2D eigenvalue weighted by molar-refractivity contribution is 0.106. The summed E-state index contributed by atoms with van der Waals surface area (Å²) in [4.78, 5) is 2.70. The molecule has 0 bridgehead atoms. The van der Waals surface area contributed by atoms with Crippen LogP contribution in [0.4, 0.5) is 0 Å². The number of rotatable bonds is 3. The maximum absolute atomic E-state index is 6.12. The Morgan fingerprint density at radius 1 is 1.17 bits per heavy atom. The van der Waals surface area contributed by atoms with E-state index in [2.05, 4.69) is 37.4 Å². The SMILES string of the molecule is CC1CCCC(C(CN)N2CC(C)SC(C)C2)C1. The van der Waals surface area contributed by atoms with Crippen LogP contribution in [-0.2, 0) is 0 Å². The molecule has 106 valence electrons. The lowest BCUT2D eigenvalue weighted by atomic mass is 9.78. The van der Waals surface area contributed by atoms with E-state index in [0.29, 0.717) is 6.04 Å². The molecule has 0 radical (unpaired) electrons. The largest absolute Gasteiger partial charge is 0.329 e. The van der Waals surface area contributed by atoms with Gasteiger partial charge in [-0.25, -0.2) is 0 Å². The Balaban J connectivity index is 1.98. The Kier molecular flexibility index (Phi) is 5.40. The van der Waals surface area contributed by atoms with Crippen LogP contribution in [0.15, 0.2) is 0 Å². The van der Waals surface area contributed by atoms with Gasteiger partial charge in [0.05, 0.1) is 0 Å². The molecule has 5 atom stereocenters. The smallest absolute Gasteiger partial charge is 0.0247 e. The molecular formula is C15H30N2S. The maximum Gasteiger partial charge on any atom is 0.0247 e. The van der Waals surface area contributed by atoms with Gasteiger partial charge in [-0.1, -0.05) is 33.6 Å². The minimum Gasteiger partial charge on any atom is -0.329 e. The van der Waals surface area contributed by atoms with Crippen molar-refractivity contribution in [2.75, 3.05) is 19.6 Å². The van der Waals surface area contributed by atoms with Crippen LogP contribution >= 0.6 is 11.8 Å². The van der Waals surface area contributed by atoms with Crippen LogP contribution < -0.4 is 5.73 Å². The van der Waals surface area contributed by atoms with Crippen LogP contribution in [-0.4, -0.2) is 41.1 Å². The van der Waals surface area contributed by atoms with Crippen molar-refractivity contribution >= 4 is 11.8 Å². The summed E-state index contributed by atoms with van der Waals surface area (Å²) in [6.07, 6.45) is 5.64. The number of hydrogen-bond donors (Lipinski definition) is 1. The Morgan fingerprint density at radius 3 is 2.39 bits per heavy atom. The molecule has 2 fully saturated rings. The molecular weight excluding hydrogens is 240 g/mol. The highest BCUT2D eigenvalue weighted by Crippen LogP contribution is 2.35. The van der Waals surface area contributed by atoms with Gasteiger partial charge in [-0.3, -0.25) is 4.90 Å². The Morgan fingerprint density at radius 2 is 1.83 bits per heavy atom. The molecule has 1 aliphatic carbocycles. The van der Waals surface area contributed by atoms with Gasteiger partial charge in [-0.2, -0.15) is 11.8 Å². The van der Waals surface area contributed by atoms with Gasteiger partial charge < -0.3 is 5.73 Å². The second-order valence-electron chi connectivity index (χ2n) is 6.55. The molecule has 5 unspecified atom stereocenters. The van der Waals surface area contributed by atoms with Crippen molar-refractivity contribution in [1.29, 1.82) is 0 Å². The van der Waals surface area contributed by atoms with Crippen molar-refractivity contribution < 1.29 is 0 Å². The van der Waals surface area contributed by atoms with Crippen LogP contribution in [0.25, 0.3) is 0 Å². The average Bonchev–Trinajstić information content (AvgIpc) is 2.28. The third-order valence-corrected chi connectivity index (χ3v) is 5.91. The van der Waals surface area contributed by atoms with E-state index in [1.807, 2.05) is 0 Å². The normalized spacial score (nSPS) is 40.7. The highest BCUT2D eigenvalue weighted by molar-refractivity contribution is 8.00. The molecule has 0 aromatic rings. The minimum absolute atomic E-state index is 0.638. The number of nitrogens with two attached hydrogens (primary N) is 1. The van der Waals surface area contributed by atoms with E-state index in [1.165, 1.54) is 38.8 Å². The van der Waals surface area contributed by atoms with Crippen molar-refractivity contribution in [3.8, 4) is 0 Å². The van der Waals surface area contributed by atoms with Crippen molar-refractivity contribution in [2.24, 2.45) is 17.6 Å². The predicted molar refractivity (Wildman–Crippen MR) is 82.1 cm³/mol. The minimum atomic E-state index is 0.638. The molecule has 2 aliphatic rings. The Labute approximate surface area is 117 Å². The molecule has 2 nitrogen and oxygen atoms in total. The first-order valence-electron chi connectivity index (χ1n) is 7.69. The fraction of sp³-hybridized carbons (Fsp3) is 1.00. The molecule has 1 heterocycles. The zero-order valence-electron chi connectivity index (χ0n) is 12.3. The van der Waals surface area contributed by atoms with E-state index in [1.54, 1.807) is 0 Å². The van der Waals surface area contributed by atoms with Gasteiger partial charge in [0.25, 0.3) is 0 Å². The quantitative estimate of drug-likeness (QED) is 0.855. The summed E-state index contributed by atoms with van der Waals surface area (Å²) < 4.78 is 0. The monoisotopic (exact) mass is 270 g/mol. The lowest BCUT2D eigenvalue weighted by Crippen LogP contribution is -2.53. The molecule has 18 heavy (non-hydrogen) atoms. The van der Waals surface area contributed by atoms with Gasteiger partial charge >= 0.3 is 0 Å². The maximum atomic E-state index is 6.12. The van der Waals surface area contributed by atoms with E-state index in [4.69, 9.17) is 5.73 Å². The van der Waals surface area contributed by atoms with Gasteiger partial charge in [0.2, 0.25) is 0 Å². The third-order valence-electron chi connectivity index (χ3n) is 4.68. The van der Waals surface area contributed by atoms with E-state index >= 15 is 0 Å². The summed E-state index contributed by atoms with van der Waals surface area (Å²) in [5.74, 6) is 1.76. The summed E-state index contributed by atoms with van der Waals surface area (Å²) in [6.45, 7) is 10.5. The number of nitrogens with zero attached hydrogens (tertiary/aromatic N) is 1. The first kappa shape index (κ1) is 14.7. The fourth-order valence-electron chi connectivity index (χ4n) is 3.96. The fourth-order valence-corrected chi connectivity index (χ4v) is 5.31. The van der Waals surface area contributed by atoms with Gasteiger partial charge in [0.15, 0.2) is 0 Å². The second kappa shape index (κ2) is 6.62. The third kappa shape index (κ3) is 3.64. The molecule has 0 amide bonds. The van der Waals surface area contributed by atoms with Crippen molar-refractivity contribution in [3.05, 3.63) is 0 Å². The standard InChI is InChI=1S/C15H30N2S/c1-11-5-4-6-14(7-11)15(8-16)17-9-12(2)18-13(3)10-17/h11-15H,4-10,16H2,1-3H3. The van der Waals surface area contributed by atoms with Crippen LogP contribution in [0.5, 0.6) is 0 Å². The lowest BCUT2D eigenvalue weighted by Gasteiger charge is -2.44. The van der Waals surface area contributed by atoms with Crippen LogP contribution in [0.1, 0.15) is 46.5 Å². The molecule has 1 saturated heterocycles. The molecule has 3 heteroatoms. The summed E-state index contributed by atoms with van der Waals surface area (Å²) in [7, 11) is 0. The topological polar surface area (TPSA) is 29.3 Å². The molecule has 0 aromatic carbocycles. The summed E-state index contributed by atoms with van der Waals surface area (Å²) in [5.41, 5.74) is 6.12. The summed E-state index contributed by atoms with van der Waals surface area (Å²) >= 11 is 2.14. The van der Waals surface area contributed by atoms with Crippen LogP contribution in [0.2, 0.25) is 0 Å². The van der Waals surface area contributed by atoms with Gasteiger partial charge in [0.1, 0.15) is 0 Å². The summed E-state index contributed by atoms with van der Waals surface area (Å²) in [6, 6.07) is 0.638. The Bertz CT molecular complexity index is 249. The number of hydrogen-bond acceptors (Lipinski definition) is 3. The molecule has 2 rings (SSSR count). The van der Waals surface area contributed by atoms with E-state index in [-0.39, 0.29) is 0 Å². The van der Waals surface area contributed by atoms with Crippen LogP contribution in [0.3, 0.4) is 0 Å². The van der Waals surface area contributed by atoms with Crippen LogP contribution in [0, 0.1) is 11.8 Å². The highest BCUT2D eigenvalue weighted by Gasteiger charge is 2.33. The van der Waals surface area contributed by atoms with Crippen molar-refractivity contribution in [3.63, 3.8) is 0 Å². The van der Waals surface area contributed by atoms with Crippen molar-refractivity contribution in [2.45, 2.75) is 63.0 Å². The van der Waals surface area contributed by atoms with Gasteiger partial charge in [0, 0.05) is 36.2 Å². The molecule has 0 spiro atoms. The number of thioether (sulfide) groups is 1. The highest BCUT2D eigenvalue weighted by atomic mass is 32.2. The van der Waals surface area contributed by atoms with E-state index in [0.717, 1.165) is 28.9 Å². The van der Waals surface area contributed by atoms with E-state index in [9.17, 15) is 0 Å².